The molecule has 2 rings (SSSR count). The molecule has 0 atom stereocenters. The third-order valence-corrected chi connectivity index (χ3v) is 2.85. The number of rotatable bonds is 3. The van der Waals surface area contributed by atoms with Crippen molar-refractivity contribution in [1.29, 1.82) is 0 Å². The molecule has 1 saturated heterocycles. The molecule has 0 spiro atoms. The molecule has 0 unspecified atom stereocenters. The first kappa shape index (κ1) is 12.4. The molecule has 0 bridgehead atoms. The van der Waals surface area contributed by atoms with Gasteiger partial charge in [-0.1, -0.05) is 12.1 Å². The van der Waals surface area contributed by atoms with E-state index in [-0.39, 0.29) is 11.8 Å². The maximum atomic E-state index is 11.8. The van der Waals surface area contributed by atoms with Crippen LogP contribution >= 0.6 is 0 Å². The number of carbonyl (C=O) groups excluding carboxylic acids is 2. The van der Waals surface area contributed by atoms with Gasteiger partial charge in [-0.3, -0.25) is 14.5 Å². The van der Waals surface area contributed by atoms with Gasteiger partial charge < -0.3 is 4.74 Å². The first-order chi connectivity index (χ1) is 8.70. The fraction of sp³-hybridized carbons (Fsp3) is 0.286. The second-order valence-electron chi connectivity index (χ2n) is 4.10. The van der Waals surface area contributed by atoms with E-state index in [1.54, 1.807) is 13.2 Å². The van der Waals surface area contributed by atoms with Crippen LogP contribution in [0.15, 0.2) is 30.3 Å². The highest BCUT2D eigenvalue weighted by Crippen LogP contribution is 2.15. The number of nitrogens with zero attached hydrogens (tertiary/aromatic N) is 1. The minimum atomic E-state index is -0.250. The lowest BCUT2D eigenvalue weighted by Gasteiger charge is -2.09. The van der Waals surface area contributed by atoms with Gasteiger partial charge in [0.2, 0.25) is 5.91 Å². The van der Waals surface area contributed by atoms with E-state index in [1.165, 1.54) is 11.0 Å². The molecule has 4 heteroatoms. The van der Waals surface area contributed by atoms with Crippen molar-refractivity contribution in [3.05, 3.63) is 35.9 Å². The summed E-state index contributed by atoms with van der Waals surface area (Å²) in [7, 11) is 1.59. The van der Waals surface area contributed by atoms with Gasteiger partial charge in [0.05, 0.1) is 7.11 Å². The number of ether oxygens (including phenoxy) is 1. The van der Waals surface area contributed by atoms with E-state index >= 15 is 0 Å². The number of benzene rings is 1. The molecule has 4 nitrogen and oxygen atoms in total. The van der Waals surface area contributed by atoms with E-state index in [1.807, 2.05) is 24.3 Å². The van der Waals surface area contributed by atoms with Gasteiger partial charge in [-0.2, -0.15) is 0 Å². The number of hydrogen-bond donors (Lipinski definition) is 0. The fourth-order valence-corrected chi connectivity index (χ4v) is 1.88. The summed E-state index contributed by atoms with van der Waals surface area (Å²) in [6.07, 6.45) is 4.35. The third-order valence-electron chi connectivity index (χ3n) is 2.85. The van der Waals surface area contributed by atoms with Crippen molar-refractivity contribution < 1.29 is 14.3 Å². The Morgan fingerprint density at radius 3 is 2.94 bits per heavy atom. The van der Waals surface area contributed by atoms with Crippen LogP contribution in [0.25, 0.3) is 6.08 Å². The molecule has 1 aliphatic heterocycles. The van der Waals surface area contributed by atoms with E-state index < -0.39 is 0 Å². The standard InChI is InChI=1S/C14H15NO3/c1-18-12-5-2-4-11(10-12)7-8-14(17)15-9-3-6-13(15)16/h2,4-5,7-8,10H,3,6,9H2,1H3/b8-7+. The maximum Gasteiger partial charge on any atom is 0.253 e. The van der Waals surface area contributed by atoms with Gasteiger partial charge in [0.25, 0.3) is 5.91 Å². The quantitative estimate of drug-likeness (QED) is 0.763. The lowest BCUT2D eigenvalue weighted by molar-refractivity contribution is -0.138. The van der Waals surface area contributed by atoms with E-state index in [0.717, 1.165) is 17.7 Å². The zero-order chi connectivity index (χ0) is 13.0. The van der Waals surface area contributed by atoms with Gasteiger partial charge in [0.15, 0.2) is 0 Å². The van der Waals surface area contributed by atoms with Crippen molar-refractivity contribution >= 4 is 17.9 Å². The SMILES string of the molecule is COc1cccc(/C=C/C(=O)N2CCCC2=O)c1. The molecular weight excluding hydrogens is 230 g/mol. The predicted octanol–water partition coefficient (Wildman–Crippen LogP) is 1.86. The van der Waals surface area contributed by atoms with Crippen molar-refractivity contribution in [1.82, 2.24) is 4.90 Å². The lowest BCUT2D eigenvalue weighted by atomic mass is 10.2. The molecule has 18 heavy (non-hydrogen) atoms. The molecule has 1 aromatic rings. The number of methoxy groups -OCH3 is 1. The molecule has 0 N–H and O–H groups in total. The summed E-state index contributed by atoms with van der Waals surface area (Å²) in [5, 5.41) is 0. The second-order valence-corrected chi connectivity index (χ2v) is 4.10. The van der Waals surface area contributed by atoms with Crippen LogP contribution in [-0.2, 0) is 9.59 Å². The highest BCUT2D eigenvalue weighted by Gasteiger charge is 2.24. The largest absolute Gasteiger partial charge is 0.497 e. The van der Waals surface area contributed by atoms with Gasteiger partial charge >= 0.3 is 0 Å². The summed E-state index contributed by atoms with van der Waals surface area (Å²) in [5.74, 6) is 0.400. The van der Waals surface area contributed by atoms with Gasteiger partial charge in [-0.15, -0.1) is 0 Å². The van der Waals surface area contributed by atoms with Crippen molar-refractivity contribution in [2.24, 2.45) is 0 Å². The van der Waals surface area contributed by atoms with Crippen molar-refractivity contribution in [2.75, 3.05) is 13.7 Å². The Balaban J connectivity index is 2.05. The average molecular weight is 245 g/mol. The molecule has 0 radical (unpaired) electrons. The molecule has 0 aromatic heterocycles. The van der Waals surface area contributed by atoms with Crippen LogP contribution in [0.1, 0.15) is 18.4 Å². The van der Waals surface area contributed by atoms with Gasteiger partial charge in [-0.05, 0) is 30.2 Å². The van der Waals surface area contributed by atoms with Crippen LogP contribution in [0, 0.1) is 0 Å². The highest BCUT2D eigenvalue weighted by atomic mass is 16.5. The summed E-state index contributed by atoms with van der Waals surface area (Å²) in [5.41, 5.74) is 0.870. The zero-order valence-corrected chi connectivity index (χ0v) is 10.3. The Hall–Kier alpha value is -2.10. The molecule has 1 fully saturated rings. The summed E-state index contributed by atoms with van der Waals surface area (Å²) in [6.45, 7) is 0.528. The van der Waals surface area contributed by atoms with Crippen LogP contribution in [0.2, 0.25) is 0 Å². The average Bonchev–Trinajstić information content (AvgIpc) is 2.82. The minimum absolute atomic E-state index is 0.0877. The summed E-state index contributed by atoms with van der Waals surface area (Å²) in [6, 6.07) is 7.39. The highest BCUT2D eigenvalue weighted by molar-refractivity contribution is 6.03. The van der Waals surface area contributed by atoms with Crippen LogP contribution in [0.5, 0.6) is 5.75 Å². The van der Waals surface area contributed by atoms with E-state index in [0.29, 0.717) is 13.0 Å². The second kappa shape index (κ2) is 5.49. The number of hydrogen-bond acceptors (Lipinski definition) is 3. The van der Waals surface area contributed by atoms with E-state index in [4.69, 9.17) is 4.74 Å². The van der Waals surface area contributed by atoms with Gasteiger partial charge in [0.1, 0.15) is 5.75 Å². The smallest absolute Gasteiger partial charge is 0.253 e. The van der Waals surface area contributed by atoms with Crippen LogP contribution in [0.4, 0.5) is 0 Å². The normalized spacial score (nSPS) is 15.4. The molecule has 94 valence electrons. The molecule has 2 amide bonds. The molecule has 0 aliphatic carbocycles. The Bertz CT molecular complexity index is 494. The Kier molecular flexibility index (Phi) is 3.77. The maximum absolute atomic E-state index is 11.8. The first-order valence-corrected chi connectivity index (χ1v) is 5.87. The van der Waals surface area contributed by atoms with Crippen LogP contribution in [0.3, 0.4) is 0 Å². The third kappa shape index (κ3) is 2.77. The topological polar surface area (TPSA) is 46.6 Å². The Morgan fingerprint density at radius 2 is 2.28 bits per heavy atom. The molecular formula is C14H15NO3. The number of likely N-dealkylation sites (tertiary alicyclic amines) is 1. The van der Waals surface area contributed by atoms with Crippen LogP contribution < -0.4 is 4.74 Å². The van der Waals surface area contributed by atoms with Crippen molar-refractivity contribution in [3.8, 4) is 5.75 Å². The zero-order valence-electron chi connectivity index (χ0n) is 10.3. The number of carbonyl (C=O) groups is 2. The lowest BCUT2D eigenvalue weighted by Crippen LogP contribution is -2.30. The van der Waals surface area contributed by atoms with Crippen molar-refractivity contribution in [2.45, 2.75) is 12.8 Å². The number of amides is 2. The monoisotopic (exact) mass is 245 g/mol. The summed E-state index contributed by atoms with van der Waals surface area (Å²) >= 11 is 0. The summed E-state index contributed by atoms with van der Waals surface area (Å²) in [4.78, 5) is 24.4. The van der Waals surface area contributed by atoms with Gasteiger partial charge in [-0.25, -0.2) is 0 Å². The molecule has 1 aliphatic rings. The Morgan fingerprint density at radius 1 is 1.44 bits per heavy atom. The predicted molar refractivity (Wildman–Crippen MR) is 68.0 cm³/mol. The van der Waals surface area contributed by atoms with E-state index in [2.05, 4.69) is 0 Å². The molecule has 1 heterocycles. The minimum Gasteiger partial charge on any atom is -0.497 e. The summed E-state index contributed by atoms with van der Waals surface area (Å²) < 4.78 is 5.10. The fourth-order valence-electron chi connectivity index (χ4n) is 1.88. The Labute approximate surface area is 106 Å². The first-order valence-electron chi connectivity index (χ1n) is 5.87. The molecule has 0 saturated carbocycles. The molecule has 1 aromatic carbocycles. The van der Waals surface area contributed by atoms with Crippen LogP contribution in [-0.4, -0.2) is 30.4 Å². The van der Waals surface area contributed by atoms with Crippen molar-refractivity contribution in [3.63, 3.8) is 0 Å². The van der Waals surface area contributed by atoms with E-state index in [9.17, 15) is 9.59 Å². The van der Waals surface area contributed by atoms with Gasteiger partial charge in [0, 0.05) is 19.0 Å². The number of imide groups is 1.